The van der Waals surface area contributed by atoms with Gasteiger partial charge in [-0.25, -0.2) is 4.79 Å². The van der Waals surface area contributed by atoms with Crippen LogP contribution >= 0.6 is 0 Å². The molecule has 1 atom stereocenters. The summed E-state index contributed by atoms with van der Waals surface area (Å²) >= 11 is 0. The molecule has 172 valence electrons. The van der Waals surface area contributed by atoms with Gasteiger partial charge in [-0.3, -0.25) is 9.78 Å². The Hall–Kier alpha value is -4.39. The van der Waals surface area contributed by atoms with Gasteiger partial charge in [0.15, 0.2) is 0 Å². The van der Waals surface area contributed by atoms with Crippen molar-refractivity contribution in [3.63, 3.8) is 0 Å². The highest BCUT2D eigenvalue weighted by Gasteiger charge is 2.22. The number of amides is 2. The van der Waals surface area contributed by atoms with Gasteiger partial charge in [0.1, 0.15) is 5.75 Å². The smallest absolute Gasteiger partial charge is 0.404 e. The number of nitrogens with one attached hydrogen (secondary N) is 2. The van der Waals surface area contributed by atoms with Crippen LogP contribution in [-0.4, -0.2) is 35.2 Å². The maximum Gasteiger partial charge on any atom is 0.404 e. The van der Waals surface area contributed by atoms with E-state index in [4.69, 9.17) is 9.84 Å². The Balaban J connectivity index is 1.43. The number of carbonyl (C=O) groups excluding carboxylic acids is 1. The van der Waals surface area contributed by atoms with Gasteiger partial charge >= 0.3 is 6.09 Å². The fourth-order valence-corrected chi connectivity index (χ4v) is 3.67. The summed E-state index contributed by atoms with van der Waals surface area (Å²) in [6, 6.07) is 24.7. The van der Waals surface area contributed by atoms with E-state index in [1.165, 1.54) is 5.56 Å². The van der Waals surface area contributed by atoms with Gasteiger partial charge in [0, 0.05) is 36.4 Å². The molecular formula is C27H25N3O4. The zero-order valence-corrected chi connectivity index (χ0v) is 18.5. The summed E-state index contributed by atoms with van der Waals surface area (Å²) in [7, 11) is 0. The van der Waals surface area contributed by atoms with Crippen LogP contribution in [0.15, 0.2) is 91.3 Å². The zero-order valence-electron chi connectivity index (χ0n) is 18.5. The average Bonchev–Trinajstić information content (AvgIpc) is 2.85. The van der Waals surface area contributed by atoms with E-state index in [0.717, 1.165) is 17.2 Å². The molecule has 4 aromatic rings. The SMILES string of the molecule is O=C(O)NCC(C(=O)Nc1ccc2cnccc2c1)c1ccc(OCCc2ccccc2)cc1. The normalized spacial score (nSPS) is 11.5. The second-order valence-electron chi connectivity index (χ2n) is 7.82. The predicted molar refractivity (Wildman–Crippen MR) is 131 cm³/mol. The maximum absolute atomic E-state index is 13.1. The van der Waals surface area contributed by atoms with E-state index in [2.05, 4.69) is 27.8 Å². The molecule has 0 saturated heterocycles. The molecule has 0 aliphatic rings. The standard InChI is InChI=1S/C27H25N3O4/c31-26(30-23-9-6-22-17-28-14-12-21(22)16-23)25(18-29-27(32)33)20-7-10-24(11-8-20)34-15-13-19-4-2-1-3-5-19/h1-12,14,16-17,25,29H,13,15,18H2,(H,30,31)(H,32,33). The molecule has 1 heterocycles. The number of benzene rings is 3. The summed E-state index contributed by atoms with van der Waals surface area (Å²) in [4.78, 5) is 28.3. The summed E-state index contributed by atoms with van der Waals surface area (Å²) in [5.41, 5.74) is 2.51. The van der Waals surface area contributed by atoms with Crippen LogP contribution in [0.3, 0.4) is 0 Å². The molecule has 0 aliphatic carbocycles. The molecule has 0 spiro atoms. The van der Waals surface area contributed by atoms with E-state index in [0.29, 0.717) is 23.6 Å². The van der Waals surface area contributed by atoms with E-state index in [1.807, 2.05) is 36.4 Å². The van der Waals surface area contributed by atoms with Gasteiger partial charge < -0.3 is 20.5 Å². The lowest BCUT2D eigenvalue weighted by Crippen LogP contribution is -2.33. The lowest BCUT2D eigenvalue weighted by atomic mass is 9.97. The van der Waals surface area contributed by atoms with Crippen molar-refractivity contribution in [3.8, 4) is 5.75 Å². The number of ether oxygens (including phenoxy) is 1. The number of carboxylic acid groups (broad SMARTS) is 1. The van der Waals surface area contributed by atoms with Crippen molar-refractivity contribution in [2.45, 2.75) is 12.3 Å². The first-order valence-electron chi connectivity index (χ1n) is 11.0. The van der Waals surface area contributed by atoms with Crippen LogP contribution in [0.4, 0.5) is 10.5 Å². The van der Waals surface area contributed by atoms with Gasteiger partial charge in [0.25, 0.3) is 0 Å². The predicted octanol–water partition coefficient (Wildman–Crippen LogP) is 4.85. The average molecular weight is 456 g/mol. The maximum atomic E-state index is 13.1. The number of hydrogen-bond acceptors (Lipinski definition) is 4. The summed E-state index contributed by atoms with van der Waals surface area (Å²) in [6.45, 7) is 0.484. The van der Waals surface area contributed by atoms with Crippen LogP contribution < -0.4 is 15.4 Å². The number of rotatable bonds is 9. The lowest BCUT2D eigenvalue weighted by molar-refractivity contribution is -0.117. The number of carbonyl (C=O) groups is 2. The van der Waals surface area contributed by atoms with E-state index >= 15 is 0 Å². The van der Waals surface area contributed by atoms with Crippen molar-refractivity contribution in [1.82, 2.24) is 10.3 Å². The monoisotopic (exact) mass is 455 g/mol. The summed E-state index contributed by atoms with van der Waals surface area (Å²) < 4.78 is 5.82. The minimum atomic E-state index is -1.18. The van der Waals surface area contributed by atoms with E-state index in [1.54, 1.807) is 42.7 Å². The fourth-order valence-electron chi connectivity index (χ4n) is 3.67. The molecule has 0 radical (unpaired) electrons. The Morgan fingerprint density at radius 3 is 2.50 bits per heavy atom. The Morgan fingerprint density at radius 2 is 1.74 bits per heavy atom. The molecule has 0 fully saturated rings. The number of nitrogens with zero attached hydrogens (tertiary/aromatic N) is 1. The quantitative estimate of drug-likeness (QED) is 0.335. The molecule has 7 nitrogen and oxygen atoms in total. The minimum Gasteiger partial charge on any atom is -0.493 e. The van der Waals surface area contributed by atoms with Crippen LogP contribution in [0, 0.1) is 0 Å². The zero-order chi connectivity index (χ0) is 23.8. The molecule has 4 rings (SSSR count). The van der Waals surface area contributed by atoms with E-state index < -0.39 is 12.0 Å². The molecule has 1 unspecified atom stereocenters. The summed E-state index contributed by atoms with van der Waals surface area (Å²) in [5.74, 6) is -0.323. The van der Waals surface area contributed by atoms with Crippen molar-refractivity contribution in [3.05, 3.63) is 102 Å². The van der Waals surface area contributed by atoms with Crippen LogP contribution in [-0.2, 0) is 11.2 Å². The second kappa shape index (κ2) is 11.0. The van der Waals surface area contributed by atoms with Gasteiger partial charge in [0.2, 0.25) is 5.91 Å². The minimum absolute atomic E-state index is 0.0487. The van der Waals surface area contributed by atoms with E-state index in [-0.39, 0.29) is 12.5 Å². The van der Waals surface area contributed by atoms with Gasteiger partial charge in [0.05, 0.1) is 12.5 Å². The second-order valence-corrected chi connectivity index (χ2v) is 7.82. The Kier molecular flexibility index (Phi) is 7.35. The topological polar surface area (TPSA) is 101 Å². The number of fused-ring (bicyclic) bond motifs is 1. The molecule has 1 aromatic heterocycles. The lowest BCUT2D eigenvalue weighted by Gasteiger charge is -2.18. The van der Waals surface area contributed by atoms with Crippen LogP contribution in [0.1, 0.15) is 17.0 Å². The largest absolute Gasteiger partial charge is 0.493 e. The Bertz CT molecular complexity index is 1260. The third kappa shape index (κ3) is 6.10. The summed E-state index contributed by atoms with van der Waals surface area (Å²) in [6.07, 6.45) is 3.05. The molecule has 0 bridgehead atoms. The first-order valence-corrected chi connectivity index (χ1v) is 11.0. The first-order chi connectivity index (χ1) is 16.6. The van der Waals surface area contributed by atoms with Crippen LogP contribution in [0.5, 0.6) is 5.75 Å². The number of hydrogen-bond donors (Lipinski definition) is 3. The Morgan fingerprint density at radius 1 is 0.941 bits per heavy atom. The van der Waals surface area contributed by atoms with Gasteiger partial charge in [-0.05, 0) is 46.8 Å². The molecule has 3 N–H and O–H groups in total. The van der Waals surface area contributed by atoms with Gasteiger partial charge in [-0.2, -0.15) is 0 Å². The third-order valence-corrected chi connectivity index (χ3v) is 5.47. The van der Waals surface area contributed by atoms with Crippen molar-refractivity contribution in [2.24, 2.45) is 0 Å². The number of pyridine rings is 1. The van der Waals surface area contributed by atoms with Gasteiger partial charge in [-0.1, -0.05) is 48.5 Å². The van der Waals surface area contributed by atoms with E-state index in [9.17, 15) is 9.59 Å². The van der Waals surface area contributed by atoms with Crippen LogP contribution in [0.25, 0.3) is 10.8 Å². The third-order valence-electron chi connectivity index (χ3n) is 5.47. The highest BCUT2D eigenvalue weighted by Crippen LogP contribution is 2.23. The molecule has 34 heavy (non-hydrogen) atoms. The first kappa shape index (κ1) is 22.8. The molecular weight excluding hydrogens is 430 g/mol. The highest BCUT2D eigenvalue weighted by atomic mass is 16.5. The van der Waals surface area contributed by atoms with Crippen LogP contribution in [0.2, 0.25) is 0 Å². The fraction of sp³-hybridized carbons (Fsp3) is 0.148. The summed E-state index contributed by atoms with van der Waals surface area (Å²) in [5, 5.41) is 16.2. The van der Waals surface area contributed by atoms with Crippen molar-refractivity contribution in [2.75, 3.05) is 18.5 Å². The van der Waals surface area contributed by atoms with Crippen molar-refractivity contribution < 1.29 is 19.4 Å². The molecule has 0 aliphatic heterocycles. The Labute approximate surface area is 197 Å². The van der Waals surface area contributed by atoms with Crippen molar-refractivity contribution in [1.29, 1.82) is 0 Å². The number of aromatic nitrogens is 1. The van der Waals surface area contributed by atoms with Gasteiger partial charge in [-0.15, -0.1) is 0 Å². The molecule has 3 aromatic carbocycles. The van der Waals surface area contributed by atoms with Crippen molar-refractivity contribution >= 4 is 28.5 Å². The molecule has 7 heteroatoms. The molecule has 0 saturated carbocycles. The molecule has 2 amide bonds. The highest BCUT2D eigenvalue weighted by molar-refractivity contribution is 5.98. The number of anilines is 1.